The van der Waals surface area contributed by atoms with Crippen molar-refractivity contribution in [2.75, 3.05) is 7.05 Å². The molecular formula is C25H28F2N2. The molecule has 29 heavy (non-hydrogen) atoms. The quantitative estimate of drug-likeness (QED) is 0.757. The van der Waals surface area contributed by atoms with Crippen molar-refractivity contribution in [1.29, 1.82) is 0 Å². The van der Waals surface area contributed by atoms with Gasteiger partial charge in [-0.05, 0) is 53.0 Å². The smallest absolute Gasteiger partial charge is 0.251 e. The van der Waals surface area contributed by atoms with E-state index >= 15 is 0 Å². The summed E-state index contributed by atoms with van der Waals surface area (Å²) < 4.78 is 29.0. The minimum absolute atomic E-state index is 0.0851. The van der Waals surface area contributed by atoms with Gasteiger partial charge < -0.3 is 9.88 Å². The summed E-state index contributed by atoms with van der Waals surface area (Å²) in [6.45, 7) is 10.9. The van der Waals surface area contributed by atoms with Crippen LogP contribution < -0.4 is 15.9 Å². The molecule has 1 heterocycles. The summed E-state index contributed by atoms with van der Waals surface area (Å²) in [5.41, 5.74) is 5.12. The summed E-state index contributed by atoms with van der Waals surface area (Å²) in [7, 11) is 1.86. The highest BCUT2D eigenvalue weighted by atomic mass is 19.3. The number of halogens is 2. The van der Waals surface area contributed by atoms with Crippen molar-refractivity contribution in [2.24, 2.45) is 0 Å². The molecule has 1 aromatic carbocycles. The van der Waals surface area contributed by atoms with Gasteiger partial charge in [-0.1, -0.05) is 49.6 Å². The van der Waals surface area contributed by atoms with E-state index in [1.54, 1.807) is 6.08 Å². The minimum atomic E-state index is -2.57. The number of hydrogen-bond donors (Lipinski definition) is 1. The van der Waals surface area contributed by atoms with Crippen molar-refractivity contribution in [3.05, 3.63) is 88.1 Å². The number of alkyl halides is 2. The molecule has 0 spiro atoms. The fourth-order valence-corrected chi connectivity index (χ4v) is 3.54. The summed E-state index contributed by atoms with van der Waals surface area (Å²) in [5.74, 6) is -2.57. The fraction of sp³-hybridized carbons (Fsp3) is 0.280. The van der Waals surface area contributed by atoms with Crippen LogP contribution >= 0.6 is 0 Å². The molecule has 1 aliphatic rings. The Balaban J connectivity index is 1.81. The third-order valence-corrected chi connectivity index (χ3v) is 5.47. The van der Waals surface area contributed by atoms with E-state index in [1.807, 2.05) is 38.4 Å². The average Bonchev–Trinajstić information content (AvgIpc) is 3.05. The first-order valence-electron chi connectivity index (χ1n) is 9.88. The standard InChI is InChI=1S/C25H28F2N2/c1-5-21(23-10-13-25(26,27)14-11-23)16-24-12-15-29(19(24)3)17-20-6-8-22(9-7-20)18(2)28-4/h5-10,12,15-16,28H,2-3,11,13-14,17H2,1,4H3/b21-5+,24-16-. The van der Waals surface area contributed by atoms with Crippen LogP contribution in [0.2, 0.25) is 0 Å². The van der Waals surface area contributed by atoms with E-state index in [0.717, 1.165) is 39.5 Å². The second-order valence-electron chi connectivity index (χ2n) is 7.45. The Labute approximate surface area is 171 Å². The molecule has 0 bridgehead atoms. The van der Waals surface area contributed by atoms with Gasteiger partial charge >= 0.3 is 0 Å². The Hall–Kier alpha value is -2.88. The summed E-state index contributed by atoms with van der Waals surface area (Å²) in [6, 6.07) is 10.3. The van der Waals surface area contributed by atoms with Crippen LogP contribution in [0.3, 0.4) is 0 Å². The molecule has 1 aromatic heterocycles. The number of aromatic nitrogens is 1. The lowest BCUT2D eigenvalue weighted by molar-refractivity contribution is -0.00827. The van der Waals surface area contributed by atoms with E-state index in [4.69, 9.17) is 0 Å². The van der Waals surface area contributed by atoms with Crippen molar-refractivity contribution in [3.8, 4) is 0 Å². The number of hydrogen-bond acceptors (Lipinski definition) is 1. The molecular weight excluding hydrogens is 366 g/mol. The molecule has 0 fully saturated rings. The van der Waals surface area contributed by atoms with Gasteiger partial charge in [-0.15, -0.1) is 0 Å². The predicted molar refractivity (Wildman–Crippen MR) is 118 cm³/mol. The molecule has 2 aromatic rings. The van der Waals surface area contributed by atoms with Crippen molar-refractivity contribution in [2.45, 2.75) is 38.7 Å². The highest BCUT2D eigenvalue weighted by Gasteiger charge is 2.31. The molecule has 0 unspecified atom stereocenters. The second-order valence-corrected chi connectivity index (χ2v) is 7.45. The average molecular weight is 395 g/mol. The number of rotatable bonds is 6. The third kappa shape index (κ3) is 4.94. The van der Waals surface area contributed by atoms with Gasteiger partial charge in [-0.25, -0.2) is 8.78 Å². The molecule has 152 valence electrons. The maximum atomic E-state index is 13.4. The Morgan fingerprint density at radius 3 is 2.55 bits per heavy atom. The van der Waals surface area contributed by atoms with Crippen LogP contribution in [0.25, 0.3) is 18.4 Å². The molecule has 0 atom stereocenters. The SMILES string of the molecule is C=C(NC)c1ccc(Cn2cc/c(=C/C(=C\C)C3=CCC(F)(F)CC3)c2=C)cc1. The summed E-state index contributed by atoms with van der Waals surface area (Å²) >= 11 is 0. The van der Waals surface area contributed by atoms with Gasteiger partial charge in [0.25, 0.3) is 5.92 Å². The van der Waals surface area contributed by atoms with E-state index in [9.17, 15) is 8.78 Å². The van der Waals surface area contributed by atoms with E-state index in [-0.39, 0.29) is 12.8 Å². The predicted octanol–water partition coefficient (Wildman–Crippen LogP) is 4.61. The zero-order valence-corrected chi connectivity index (χ0v) is 17.1. The van der Waals surface area contributed by atoms with E-state index in [2.05, 4.69) is 47.3 Å². The maximum Gasteiger partial charge on any atom is 0.251 e. The van der Waals surface area contributed by atoms with Crippen LogP contribution in [0.1, 0.15) is 37.3 Å². The Kier molecular flexibility index (Phi) is 6.21. The summed E-state index contributed by atoms with van der Waals surface area (Å²) in [4.78, 5) is 0. The first-order valence-corrected chi connectivity index (χ1v) is 9.88. The summed E-state index contributed by atoms with van der Waals surface area (Å²) in [6.07, 6.45) is 7.87. The van der Waals surface area contributed by atoms with E-state index < -0.39 is 5.92 Å². The molecule has 0 saturated heterocycles. The van der Waals surface area contributed by atoms with Gasteiger partial charge in [-0.2, -0.15) is 0 Å². The molecule has 0 saturated carbocycles. The first-order chi connectivity index (χ1) is 13.8. The van der Waals surface area contributed by atoms with Gasteiger partial charge in [0.05, 0.1) is 0 Å². The van der Waals surface area contributed by atoms with Crippen molar-refractivity contribution < 1.29 is 8.78 Å². The molecule has 1 N–H and O–H groups in total. The largest absolute Gasteiger partial charge is 0.388 e. The second kappa shape index (κ2) is 8.64. The van der Waals surface area contributed by atoms with Crippen molar-refractivity contribution >= 4 is 18.4 Å². The fourth-order valence-electron chi connectivity index (χ4n) is 3.54. The number of allylic oxidation sites excluding steroid dienone is 4. The van der Waals surface area contributed by atoms with Crippen LogP contribution in [0.4, 0.5) is 8.78 Å². The van der Waals surface area contributed by atoms with Crippen LogP contribution in [0, 0.1) is 0 Å². The molecule has 0 amide bonds. The Morgan fingerprint density at radius 1 is 1.24 bits per heavy atom. The van der Waals surface area contributed by atoms with E-state index in [0.29, 0.717) is 6.42 Å². The Morgan fingerprint density at radius 2 is 1.97 bits per heavy atom. The normalized spacial score (nSPS) is 17.2. The van der Waals surface area contributed by atoms with Crippen LogP contribution in [-0.2, 0) is 6.54 Å². The van der Waals surface area contributed by atoms with Crippen LogP contribution in [0.5, 0.6) is 0 Å². The summed E-state index contributed by atoms with van der Waals surface area (Å²) in [5, 5.41) is 4.98. The molecule has 0 aliphatic heterocycles. The highest BCUT2D eigenvalue weighted by molar-refractivity contribution is 5.61. The number of nitrogens with one attached hydrogen (secondary N) is 1. The minimum Gasteiger partial charge on any atom is -0.388 e. The molecule has 4 heteroatoms. The van der Waals surface area contributed by atoms with Gasteiger partial charge in [0.15, 0.2) is 0 Å². The van der Waals surface area contributed by atoms with Gasteiger partial charge in [0.1, 0.15) is 0 Å². The maximum absolute atomic E-state index is 13.4. The highest BCUT2D eigenvalue weighted by Crippen LogP contribution is 2.35. The zero-order chi connectivity index (χ0) is 21.0. The molecule has 0 radical (unpaired) electrons. The van der Waals surface area contributed by atoms with Crippen molar-refractivity contribution in [3.63, 3.8) is 0 Å². The van der Waals surface area contributed by atoms with Crippen molar-refractivity contribution in [1.82, 2.24) is 9.88 Å². The lowest BCUT2D eigenvalue weighted by atomic mass is 9.91. The third-order valence-electron chi connectivity index (χ3n) is 5.47. The lowest BCUT2D eigenvalue weighted by Gasteiger charge is -2.22. The zero-order valence-electron chi connectivity index (χ0n) is 17.1. The van der Waals surface area contributed by atoms with Crippen LogP contribution in [-0.4, -0.2) is 17.5 Å². The van der Waals surface area contributed by atoms with Gasteiger partial charge in [0.2, 0.25) is 0 Å². The van der Waals surface area contributed by atoms with Gasteiger partial charge in [0, 0.05) is 43.7 Å². The van der Waals surface area contributed by atoms with Crippen LogP contribution in [0.15, 0.2) is 66.4 Å². The number of benzene rings is 1. The monoisotopic (exact) mass is 394 g/mol. The molecule has 1 aliphatic carbocycles. The van der Waals surface area contributed by atoms with E-state index in [1.165, 1.54) is 5.56 Å². The number of nitrogens with zero attached hydrogens (tertiary/aromatic N) is 1. The molecule has 3 rings (SSSR count). The molecule has 2 nitrogen and oxygen atoms in total. The topological polar surface area (TPSA) is 17.0 Å². The first kappa shape index (κ1) is 20.8. The Bertz CT molecular complexity index is 1050. The van der Waals surface area contributed by atoms with Gasteiger partial charge in [-0.3, -0.25) is 0 Å². The lowest BCUT2D eigenvalue weighted by Crippen LogP contribution is -2.28.